The average Bonchev–Trinajstić information content (AvgIpc) is 3.56. The van der Waals surface area contributed by atoms with Crippen molar-refractivity contribution in [2.75, 3.05) is 47.5 Å². The van der Waals surface area contributed by atoms with Gasteiger partial charge in [-0.1, -0.05) is 294 Å². The van der Waals surface area contributed by atoms with Gasteiger partial charge in [0.2, 0.25) is 0 Å². The Morgan fingerprint density at radius 3 is 0.909 bits per heavy atom. The van der Waals surface area contributed by atoms with E-state index in [0.29, 0.717) is 17.4 Å². The summed E-state index contributed by atoms with van der Waals surface area (Å²) in [5.41, 5.74) is 0. The number of phosphoric ester groups is 1. The number of rotatable bonds is 63. The highest BCUT2D eigenvalue weighted by molar-refractivity contribution is 7.45. The quantitative estimate of drug-likeness (QED) is 0.0195. The number of carbonyl (C=O) groups excluding carboxylic acids is 2. The van der Waals surface area contributed by atoms with Gasteiger partial charge in [-0.2, -0.15) is 0 Å². The number of esters is 2. The van der Waals surface area contributed by atoms with Gasteiger partial charge in [0.05, 0.1) is 27.7 Å². The van der Waals surface area contributed by atoms with E-state index in [1.54, 1.807) is 0 Å². The van der Waals surface area contributed by atoms with Crippen molar-refractivity contribution in [3.8, 4) is 0 Å². The molecule has 0 aliphatic carbocycles. The number of allylic oxidation sites excluding steroid dienone is 26. The molecule has 0 fully saturated rings. The van der Waals surface area contributed by atoms with E-state index in [1.165, 1.54) is 103 Å². The second-order valence-corrected chi connectivity index (χ2v) is 25.5. The number of hydrogen-bond donors (Lipinski definition) is 0. The summed E-state index contributed by atoms with van der Waals surface area (Å²) >= 11 is 0. The van der Waals surface area contributed by atoms with Crippen molar-refractivity contribution < 1.29 is 42.1 Å². The predicted octanol–water partition coefficient (Wildman–Crippen LogP) is 22.5. The van der Waals surface area contributed by atoms with Crippen LogP contribution in [0.25, 0.3) is 0 Å². The van der Waals surface area contributed by atoms with Crippen LogP contribution in [0, 0.1) is 0 Å². The zero-order valence-corrected chi connectivity index (χ0v) is 57.8. The summed E-state index contributed by atoms with van der Waals surface area (Å²) in [6.45, 7) is 4.01. The molecule has 0 amide bonds. The highest BCUT2D eigenvalue weighted by atomic mass is 31.2. The zero-order chi connectivity index (χ0) is 64.1. The Morgan fingerprint density at radius 1 is 0.352 bits per heavy atom. The van der Waals surface area contributed by atoms with Crippen molar-refractivity contribution >= 4 is 19.8 Å². The summed E-state index contributed by atoms with van der Waals surface area (Å²) in [5.74, 6) is -0.844. The molecule has 2 unspecified atom stereocenters. The number of carbonyl (C=O) groups is 2. The van der Waals surface area contributed by atoms with Gasteiger partial charge < -0.3 is 27.9 Å². The van der Waals surface area contributed by atoms with E-state index < -0.39 is 26.5 Å². The van der Waals surface area contributed by atoms with E-state index in [-0.39, 0.29) is 32.0 Å². The summed E-state index contributed by atoms with van der Waals surface area (Å²) in [6.07, 6.45) is 100. The molecule has 0 aromatic rings. The first-order chi connectivity index (χ1) is 43.0. The molecule has 0 aliphatic heterocycles. The fraction of sp³-hybridized carbons (Fsp3) is 0.641. The van der Waals surface area contributed by atoms with E-state index >= 15 is 0 Å². The van der Waals surface area contributed by atoms with Gasteiger partial charge in [0.1, 0.15) is 19.8 Å². The molecule has 0 aromatic carbocycles. The molecule has 0 aromatic heterocycles. The molecule has 0 N–H and O–H groups in total. The first kappa shape index (κ1) is 83.6. The fourth-order valence-corrected chi connectivity index (χ4v) is 9.96. The van der Waals surface area contributed by atoms with Crippen LogP contribution >= 0.6 is 7.82 Å². The Balaban J connectivity index is 4.11. The summed E-state index contributed by atoms with van der Waals surface area (Å²) in [6, 6.07) is 0. The highest BCUT2D eigenvalue weighted by Crippen LogP contribution is 2.38. The lowest BCUT2D eigenvalue weighted by Crippen LogP contribution is -2.37. The molecule has 2 atom stereocenters. The van der Waals surface area contributed by atoms with Crippen molar-refractivity contribution in [2.45, 2.75) is 277 Å². The Bertz CT molecular complexity index is 2040. The molecule has 0 heterocycles. The van der Waals surface area contributed by atoms with Crippen LogP contribution in [0.3, 0.4) is 0 Å². The van der Waals surface area contributed by atoms with Crippen LogP contribution in [0.1, 0.15) is 271 Å². The van der Waals surface area contributed by atoms with Gasteiger partial charge in [0.25, 0.3) is 7.82 Å². The normalized spacial score (nSPS) is 14.1. The first-order valence-corrected chi connectivity index (χ1v) is 36.7. The lowest BCUT2D eigenvalue weighted by molar-refractivity contribution is -0.870. The summed E-state index contributed by atoms with van der Waals surface area (Å²) in [5, 5.41) is 0. The molecule has 10 heteroatoms. The molecule has 0 saturated carbocycles. The smallest absolute Gasteiger partial charge is 0.306 e. The number of hydrogen-bond acceptors (Lipinski definition) is 8. The molecule has 0 radical (unpaired) electrons. The number of ether oxygens (including phenoxy) is 2. The monoisotopic (exact) mass is 1240 g/mol. The van der Waals surface area contributed by atoms with Gasteiger partial charge in [-0.05, 0) is 122 Å². The molecule has 0 saturated heterocycles. The second-order valence-electron chi connectivity index (χ2n) is 24.1. The van der Waals surface area contributed by atoms with E-state index in [4.69, 9.17) is 18.5 Å². The number of phosphoric acid groups is 1. The SMILES string of the molecule is CC/C=C\C/C=C\C/C=C\C/C=C\C/C=C\C/C=C\C/C=C\CCCCCCCCCCCCCC(=O)OC(COC(=O)CCCCCCCCCCCCCC/C=C\C/C=C\C/C=C\C/C=C\C/C=C\C/C=C\CC)COP(=O)([O-])OCC[N+](C)(C)C. The third kappa shape index (κ3) is 70.7. The van der Waals surface area contributed by atoms with Gasteiger partial charge in [0.15, 0.2) is 6.10 Å². The second kappa shape index (κ2) is 67.0. The minimum atomic E-state index is -4.65. The van der Waals surface area contributed by atoms with Crippen LogP contribution in [-0.2, 0) is 32.7 Å². The Kier molecular flexibility index (Phi) is 63.7. The highest BCUT2D eigenvalue weighted by Gasteiger charge is 2.22. The fourth-order valence-electron chi connectivity index (χ4n) is 9.23. The first-order valence-electron chi connectivity index (χ1n) is 35.2. The van der Waals surface area contributed by atoms with E-state index in [2.05, 4.69) is 172 Å². The van der Waals surface area contributed by atoms with Gasteiger partial charge >= 0.3 is 11.9 Å². The molecule has 9 nitrogen and oxygen atoms in total. The molecular formula is C78H130NO8P. The van der Waals surface area contributed by atoms with Crippen LogP contribution in [0.15, 0.2) is 158 Å². The lowest BCUT2D eigenvalue weighted by atomic mass is 10.0. The Hall–Kier alpha value is -4.37. The van der Waals surface area contributed by atoms with Crippen LogP contribution in [0.5, 0.6) is 0 Å². The lowest BCUT2D eigenvalue weighted by Gasteiger charge is -2.28. The van der Waals surface area contributed by atoms with Crippen LogP contribution in [-0.4, -0.2) is 70.0 Å². The maximum atomic E-state index is 12.9. The van der Waals surface area contributed by atoms with Gasteiger partial charge in [-0.15, -0.1) is 0 Å². The van der Waals surface area contributed by atoms with Gasteiger partial charge in [-0.25, -0.2) is 0 Å². The van der Waals surface area contributed by atoms with Crippen molar-refractivity contribution in [1.82, 2.24) is 0 Å². The van der Waals surface area contributed by atoms with E-state index in [1.807, 2.05) is 21.1 Å². The Labute approximate surface area is 541 Å². The summed E-state index contributed by atoms with van der Waals surface area (Å²) in [7, 11) is 1.15. The van der Waals surface area contributed by atoms with Crippen molar-refractivity contribution in [2.24, 2.45) is 0 Å². The third-order valence-corrected chi connectivity index (χ3v) is 15.5. The van der Waals surface area contributed by atoms with Gasteiger partial charge in [-0.3, -0.25) is 14.2 Å². The van der Waals surface area contributed by atoms with E-state index in [9.17, 15) is 19.0 Å². The topological polar surface area (TPSA) is 111 Å². The third-order valence-electron chi connectivity index (χ3n) is 14.5. The number of quaternary nitrogens is 1. The summed E-state index contributed by atoms with van der Waals surface area (Å²) < 4.78 is 34.3. The van der Waals surface area contributed by atoms with Crippen molar-refractivity contribution in [3.05, 3.63) is 158 Å². The Morgan fingerprint density at radius 2 is 0.614 bits per heavy atom. The molecule has 0 spiro atoms. The van der Waals surface area contributed by atoms with Crippen molar-refractivity contribution in [3.63, 3.8) is 0 Å². The number of likely N-dealkylation sites (N-methyl/N-ethyl adjacent to an activating group) is 1. The zero-order valence-electron chi connectivity index (χ0n) is 56.9. The number of unbranched alkanes of at least 4 members (excludes halogenated alkanes) is 23. The maximum absolute atomic E-state index is 12.9. The minimum absolute atomic E-state index is 0.0389. The molecule has 0 bridgehead atoms. The minimum Gasteiger partial charge on any atom is -0.756 e. The molecule has 500 valence electrons. The maximum Gasteiger partial charge on any atom is 0.306 e. The predicted molar refractivity (Wildman–Crippen MR) is 378 cm³/mol. The molecular weight excluding hydrogens is 1110 g/mol. The standard InChI is InChI=1S/C78H130NO8P/c1-6-8-10-12-14-16-18-20-22-24-26-28-30-32-34-36-38-39-41-43-45-47-49-51-53-55-57-59-61-63-65-67-69-71-78(81)87-76(75-86-88(82,83)85-73-72-79(3,4)5)74-84-77(80)70-68-66-64-62-60-58-56-54-52-50-48-46-44-42-40-37-35-33-31-29-27-25-23-21-19-17-15-13-11-9-7-2/h8-11,14-17,20-23,26-29,32-35,38-40,42-43,45,76H,6-7,12-13,18-19,24-25,30-31,36-37,41,44,46-75H2,1-5H3/b10-8-,11-9-,16-14-,17-15-,22-20-,23-21-,28-26-,29-27-,34-32-,35-33-,39-38-,42-40-,45-43-. The van der Waals surface area contributed by atoms with Crippen LogP contribution in [0.4, 0.5) is 0 Å². The largest absolute Gasteiger partial charge is 0.756 e. The van der Waals surface area contributed by atoms with Crippen molar-refractivity contribution in [1.29, 1.82) is 0 Å². The van der Waals surface area contributed by atoms with Crippen LogP contribution in [0.2, 0.25) is 0 Å². The molecule has 0 aliphatic rings. The van der Waals surface area contributed by atoms with Gasteiger partial charge in [0, 0.05) is 12.8 Å². The molecule has 88 heavy (non-hydrogen) atoms. The average molecular weight is 1240 g/mol. The van der Waals surface area contributed by atoms with E-state index in [0.717, 1.165) is 135 Å². The summed E-state index contributed by atoms with van der Waals surface area (Å²) in [4.78, 5) is 38.1. The number of nitrogens with zero attached hydrogens (tertiary/aromatic N) is 1. The molecule has 0 rings (SSSR count). The van der Waals surface area contributed by atoms with Crippen LogP contribution < -0.4 is 4.89 Å².